The Kier molecular flexibility index (Phi) is 8.13. The van der Waals surface area contributed by atoms with Crippen molar-refractivity contribution in [1.29, 1.82) is 0 Å². The topological polar surface area (TPSA) is 86.5 Å². The molecule has 32 heavy (non-hydrogen) atoms. The van der Waals surface area contributed by atoms with Gasteiger partial charge >= 0.3 is 0 Å². The van der Waals surface area contributed by atoms with E-state index in [9.17, 15) is 10.1 Å². The molecular weight excluding hydrogens is 414 g/mol. The molecule has 0 aliphatic carbocycles. The van der Waals surface area contributed by atoms with Crippen LogP contribution < -0.4 is 18.9 Å². The van der Waals surface area contributed by atoms with Crippen molar-refractivity contribution in [3.63, 3.8) is 0 Å². The summed E-state index contributed by atoms with van der Waals surface area (Å²) in [6.07, 6.45) is 1.42. The molecule has 1 aliphatic heterocycles. The van der Waals surface area contributed by atoms with Gasteiger partial charge < -0.3 is 18.9 Å². The Hall–Kier alpha value is -3.04. The first-order valence-corrected chi connectivity index (χ1v) is 10.5. The number of rotatable bonds is 11. The largest absolute Gasteiger partial charge is 0.497 e. The van der Waals surface area contributed by atoms with E-state index >= 15 is 0 Å². The number of methoxy groups -OCH3 is 4. The van der Waals surface area contributed by atoms with E-state index in [-0.39, 0.29) is 4.92 Å². The van der Waals surface area contributed by atoms with E-state index in [1.807, 2.05) is 36.4 Å². The van der Waals surface area contributed by atoms with Crippen molar-refractivity contribution in [2.45, 2.75) is 18.9 Å². The molecule has 0 saturated carbocycles. The number of benzene rings is 2. The highest BCUT2D eigenvalue weighted by Gasteiger charge is 2.37. The van der Waals surface area contributed by atoms with E-state index in [0.29, 0.717) is 39.0 Å². The van der Waals surface area contributed by atoms with Crippen LogP contribution in [0.15, 0.2) is 36.4 Å². The molecule has 1 aliphatic rings. The molecule has 0 bridgehead atoms. The average Bonchev–Trinajstić information content (AvgIpc) is 3.24. The van der Waals surface area contributed by atoms with Crippen LogP contribution in [0.25, 0.3) is 0 Å². The molecule has 2 aromatic carbocycles. The summed E-state index contributed by atoms with van der Waals surface area (Å²) in [5.41, 5.74) is 2.07. The fourth-order valence-corrected chi connectivity index (χ4v) is 3.99. The molecule has 0 amide bonds. The summed E-state index contributed by atoms with van der Waals surface area (Å²) in [4.78, 5) is 11.3. The van der Waals surface area contributed by atoms with Crippen molar-refractivity contribution in [2.24, 2.45) is 0 Å². The molecule has 1 heterocycles. The van der Waals surface area contributed by atoms with Gasteiger partial charge in [-0.25, -0.2) is 10.0 Å². The minimum Gasteiger partial charge on any atom is -0.497 e. The van der Waals surface area contributed by atoms with E-state index in [1.54, 1.807) is 28.4 Å². The zero-order valence-electron chi connectivity index (χ0n) is 19.1. The van der Waals surface area contributed by atoms with Gasteiger partial charge in [-0.05, 0) is 36.1 Å². The first-order chi connectivity index (χ1) is 15.5. The highest BCUT2D eigenvalue weighted by molar-refractivity contribution is 5.41. The second-order valence-electron chi connectivity index (χ2n) is 7.62. The van der Waals surface area contributed by atoms with Crippen LogP contribution in [0.4, 0.5) is 0 Å². The van der Waals surface area contributed by atoms with E-state index in [4.69, 9.17) is 18.9 Å². The molecule has 3 rings (SSSR count). The number of nitrogens with zero attached hydrogens (tertiary/aromatic N) is 3. The summed E-state index contributed by atoms with van der Waals surface area (Å²) < 4.78 is 21.5. The van der Waals surface area contributed by atoms with Crippen molar-refractivity contribution in [3.05, 3.63) is 57.6 Å². The van der Waals surface area contributed by atoms with Crippen LogP contribution >= 0.6 is 0 Å². The fourth-order valence-electron chi connectivity index (χ4n) is 3.99. The summed E-state index contributed by atoms with van der Waals surface area (Å²) in [5.74, 6) is 2.97. The molecule has 0 radical (unpaired) electrons. The normalized spacial score (nSPS) is 15.0. The predicted molar refractivity (Wildman–Crippen MR) is 120 cm³/mol. The van der Waals surface area contributed by atoms with Crippen molar-refractivity contribution in [3.8, 4) is 23.0 Å². The van der Waals surface area contributed by atoms with E-state index in [1.165, 1.54) is 0 Å². The quantitative estimate of drug-likeness (QED) is 0.385. The van der Waals surface area contributed by atoms with Gasteiger partial charge in [0.2, 0.25) is 6.04 Å². The monoisotopic (exact) mass is 445 g/mol. The lowest BCUT2D eigenvalue weighted by atomic mass is 10.1. The SMILES string of the molecule is COc1ccc(CCN2CC([N+](=O)[O-])CN2CCc2ccc(OC)cc2OC)c(OC)c1. The summed E-state index contributed by atoms with van der Waals surface area (Å²) in [7, 11) is 6.50. The Bertz CT molecular complexity index is 855. The lowest BCUT2D eigenvalue weighted by molar-refractivity contribution is -0.515. The number of hydrogen-bond acceptors (Lipinski definition) is 8. The smallest absolute Gasteiger partial charge is 0.240 e. The molecule has 0 aromatic heterocycles. The fraction of sp³-hybridized carbons (Fsp3) is 0.478. The Morgan fingerprint density at radius 1 is 0.812 bits per heavy atom. The second-order valence-corrected chi connectivity index (χ2v) is 7.62. The lowest BCUT2D eigenvalue weighted by Gasteiger charge is -2.27. The molecule has 1 fully saturated rings. The molecule has 9 nitrogen and oxygen atoms in total. The van der Waals surface area contributed by atoms with E-state index in [0.717, 1.165) is 34.1 Å². The molecule has 174 valence electrons. The Balaban J connectivity index is 1.68. The lowest BCUT2D eigenvalue weighted by Crippen LogP contribution is -2.39. The van der Waals surface area contributed by atoms with Crippen LogP contribution in [-0.4, -0.2) is 75.6 Å². The van der Waals surface area contributed by atoms with Gasteiger partial charge in [0, 0.05) is 30.1 Å². The highest BCUT2D eigenvalue weighted by Crippen LogP contribution is 2.27. The maximum Gasteiger partial charge on any atom is 0.240 e. The van der Waals surface area contributed by atoms with Crippen LogP contribution in [-0.2, 0) is 12.8 Å². The minimum absolute atomic E-state index is 0.186. The Morgan fingerprint density at radius 2 is 1.25 bits per heavy atom. The number of nitro groups is 1. The van der Waals surface area contributed by atoms with Crippen molar-refractivity contribution >= 4 is 0 Å². The third-order valence-electron chi connectivity index (χ3n) is 5.81. The first-order valence-electron chi connectivity index (χ1n) is 10.5. The molecular formula is C23H31N3O6. The molecule has 0 unspecified atom stereocenters. The second kappa shape index (κ2) is 11.0. The molecule has 1 saturated heterocycles. The van der Waals surface area contributed by atoms with Gasteiger partial charge in [0.25, 0.3) is 0 Å². The minimum atomic E-state index is -0.606. The summed E-state index contributed by atoms with van der Waals surface area (Å²) >= 11 is 0. The zero-order valence-corrected chi connectivity index (χ0v) is 19.1. The van der Waals surface area contributed by atoms with Gasteiger partial charge in [0.15, 0.2) is 0 Å². The maximum atomic E-state index is 11.5. The third-order valence-corrected chi connectivity index (χ3v) is 5.81. The van der Waals surface area contributed by atoms with Crippen molar-refractivity contribution in [1.82, 2.24) is 10.0 Å². The van der Waals surface area contributed by atoms with Gasteiger partial charge in [-0.3, -0.25) is 10.1 Å². The zero-order chi connectivity index (χ0) is 23.1. The van der Waals surface area contributed by atoms with Crippen LogP contribution in [0.1, 0.15) is 11.1 Å². The van der Waals surface area contributed by atoms with Gasteiger partial charge in [-0.15, -0.1) is 0 Å². The standard InChI is InChI=1S/C23H31N3O6/c1-29-20-7-5-17(22(13-20)31-3)9-11-24-15-19(26(27)28)16-25(24)12-10-18-6-8-21(30-2)14-23(18)32-4/h5-8,13-14,19H,9-12,15-16H2,1-4H3. The summed E-state index contributed by atoms with van der Waals surface area (Å²) in [6, 6.07) is 10.9. The van der Waals surface area contributed by atoms with Crippen molar-refractivity contribution in [2.75, 3.05) is 54.6 Å². The van der Waals surface area contributed by atoms with Gasteiger partial charge in [-0.2, -0.15) is 0 Å². The van der Waals surface area contributed by atoms with Crippen LogP contribution in [0.5, 0.6) is 23.0 Å². The summed E-state index contributed by atoms with van der Waals surface area (Å²) in [5, 5.41) is 15.6. The average molecular weight is 446 g/mol. The van der Waals surface area contributed by atoms with Crippen molar-refractivity contribution < 1.29 is 23.9 Å². The molecule has 0 N–H and O–H groups in total. The van der Waals surface area contributed by atoms with Gasteiger partial charge in [0.1, 0.15) is 23.0 Å². The predicted octanol–water partition coefficient (Wildman–Crippen LogP) is 2.68. The number of ether oxygens (including phenoxy) is 4. The molecule has 0 atom stereocenters. The number of hydrogen-bond donors (Lipinski definition) is 0. The summed E-state index contributed by atoms with van der Waals surface area (Å²) in [6.45, 7) is 2.11. The van der Waals surface area contributed by atoms with Crippen LogP contribution in [0.3, 0.4) is 0 Å². The van der Waals surface area contributed by atoms with Crippen LogP contribution in [0, 0.1) is 10.1 Å². The Labute approximate surface area is 188 Å². The molecule has 0 spiro atoms. The Morgan fingerprint density at radius 3 is 1.59 bits per heavy atom. The van der Waals surface area contributed by atoms with Gasteiger partial charge in [0.05, 0.1) is 41.5 Å². The third kappa shape index (κ3) is 5.60. The first kappa shape index (κ1) is 23.6. The highest BCUT2D eigenvalue weighted by atomic mass is 16.6. The maximum absolute atomic E-state index is 11.5. The van der Waals surface area contributed by atoms with Gasteiger partial charge in [-0.1, -0.05) is 12.1 Å². The van der Waals surface area contributed by atoms with E-state index in [2.05, 4.69) is 10.0 Å². The number of hydrazine groups is 1. The molecule has 9 heteroatoms. The molecule has 2 aromatic rings. The van der Waals surface area contributed by atoms with E-state index < -0.39 is 6.04 Å². The van der Waals surface area contributed by atoms with Crippen LogP contribution in [0.2, 0.25) is 0 Å².